The Morgan fingerprint density at radius 3 is 2.20 bits per heavy atom. The van der Waals surface area contributed by atoms with E-state index in [0.29, 0.717) is 18.8 Å². The number of nitrogens with zero attached hydrogens (tertiary/aromatic N) is 2. The molecular formula is C23H30FN3O6S2. The van der Waals surface area contributed by atoms with Crippen LogP contribution in [-0.4, -0.2) is 65.6 Å². The zero-order chi connectivity index (χ0) is 25.6. The van der Waals surface area contributed by atoms with Crippen LogP contribution in [0.1, 0.15) is 26.2 Å². The van der Waals surface area contributed by atoms with Gasteiger partial charge in [0.25, 0.3) is 0 Å². The Hall–Kier alpha value is -2.70. The maximum absolute atomic E-state index is 13.2. The maximum Gasteiger partial charge on any atom is 0.243 e. The predicted molar refractivity (Wildman–Crippen MR) is 131 cm³/mol. The molecule has 2 aromatic rings. The topological polar surface area (TPSA) is 113 Å². The third-order valence-corrected chi connectivity index (χ3v) is 8.77. The summed E-state index contributed by atoms with van der Waals surface area (Å²) in [7, 11) is -7.33. The Balaban J connectivity index is 1.53. The Morgan fingerprint density at radius 1 is 1.03 bits per heavy atom. The second-order valence-corrected chi connectivity index (χ2v) is 12.1. The van der Waals surface area contributed by atoms with E-state index in [-0.39, 0.29) is 23.7 Å². The first-order valence-electron chi connectivity index (χ1n) is 11.3. The molecule has 12 heteroatoms. The first-order valence-corrected chi connectivity index (χ1v) is 14.5. The highest BCUT2D eigenvalue weighted by Gasteiger charge is 2.29. The number of piperidine rings is 1. The van der Waals surface area contributed by atoms with E-state index in [1.807, 2.05) is 0 Å². The van der Waals surface area contributed by atoms with Gasteiger partial charge < -0.3 is 10.1 Å². The lowest BCUT2D eigenvalue weighted by molar-refractivity contribution is -0.121. The fourth-order valence-electron chi connectivity index (χ4n) is 3.85. The minimum absolute atomic E-state index is 0.0894. The van der Waals surface area contributed by atoms with E-state index < -0.39 is 37.8 Å². The lowest BCUT2D eigenvalue weighted by Crippen LogP contribution is -2.48. The lowest BCUT2D eigenvalue weighted by Gasteiger charge is -2.28. The third kappa shape index (κ3) is 6.92. The van der Waals surface area contributed by atoms with Crippen molar-refractivity contribution in [2.45, 2.75) is 37.1 Å². The summed E-state index contributed by atoms with van der Waals surface area (Å²) in [6.45, 7) is 2.67. The van der Waals surface area contributed by atoms with Gasteiger partial charge in [0.2, 0.25) is 26.0 Å². The number of carbonyl (C=O) groups is 1. The molecule has 0 aliphatic carbocycles. The molecule has 0 saturated carbocycles. The van der Waals surface area contributed by atoms with Crippen LogP contribution in [-0.2, 0) is 24.8 Å². The lowest BCUT2D eigenvalue weighted by atomic mass is 10.2. The molecule has 0 spiro atoms. The van der Waals surface area contributed by atoms with Crippen LogP contribution in [0.2, 0.25) is 0 Å². The number of amides is 1. The molecule has 0 aromatic heterocycles. The van der Waals surface area contributed by atoms with E-state index in [1.54, 1.807) is 12.1 Å². The second-order valence-electron chi connectivity index (χ2n) is 8.29. The van der Waals surface area contributed by atoms with Crippen LogP contribution in [0, 0.1) is 5.82 Å². The number of halogens is 1. The van der Waals surface area contributed by atoms with Crippen molar-refractivity contribution in [1.29, 1.82) is 0 Å². The van der Waals surface area contributed by atoms with Crippen LogP contribution in [0.25, 0.3) is 0 Å². The number of hydrogen-bond donors (Lipinski definition) is 1. The maximum atomic E-state index is 13.2. The fourth-order valence-corrected chi connectivity index (χ4v) is 6.54. The number of benzene rings is 2. The quantitative estimate of drug-likeness (QED) is 0.475. The van der Waals surface area contributed by atoms with Crippen molar-refractivity contribution in [3.63, 3.8) is 0 Å². The molecule has 1 heterocycles. The highest BCUT2D eigenvalue weighted by atomic mass is 32.2. The molecule has 9 nitrogen and oxygen atoms in total. The molecule has 1 fully saturated rings. The van der Waals surface area contributed by atoms with Crippen LogP contribution < -0.4 is 14.4 Å². The number of hydrogen-bond acceptors (Lipinski definition) is 6. The van der Waals surface area contributed by atoms with Crippen molar-refractivity contribution in [3.8, 4) is 5.75 Å². The minimum atomic E-state index is -3.81. The highest BCUT2D eigenvalue weighted by Crippen LogP contribution is 2.23. The SMILES string of the molecule is C[C@@H](C(=O)NCCOc1ccc(S(=O)(=O)N2CCCCC2)cc1)N(c1ccc(F)cc1)S(C)(=O)=O. The summed E-state index contributed by atoms with van der Waals surface area (Å²) < 4.78 is 71.2. The van der Waals surface area contributed by atoms with Gasteiger partial charge in [-0.3, -0.25) is 9.10 Å². The van der Waals surface area contributed by atoms with Gasteiger partial charge in [-0.15, -0.1) is 0 Å². The summed E-state index contributed by atoms with van der Waals surface area (Å²) in [6, 6.07) is 9.84. The van der Waals surface area contributed by atoms with Crippen LogP contribution in [0.3, 0.4) is 0 Å². The van der Waals surface area contributed by atoms with Gasteiger partial charge in [-0.25, -0.2) is 21.2 Å². The monoisotopic (exact) mass is 527 g/mol. The number of sulfonamides is 2. The van der Waals surface area contributed by atoms with Gasteiger partial charge in [0.1, 0.15) is 24.2 Å². The van der Waals surface area contributed by atoms with Gasteiger partial charge in [-0.1, -0.05) is 6.42 Å². The number of carbonyl (C=O) groups excluding carboxylic acids is 1. The zero-order valence-electron chi connectivity index (χ0n) is 19.7. The van der Waals surface area contributed by atoms with E-state index in [2.05, 4.69) is 5.32 Å². The third-order valence-electron chi connectivity index (χ3n) is 5.62. The van der Waals surface area contributed by atoms with Crippen molar-refractivity contribution < 1.29 is 30.8 Å². The molecular weight excluding hydrogens is 497 g/mol. The summed E-state index contributed by atoms with van der Waals surface area (Å²) in [5, 5.41) is 2.62. The number of rotatable bonds is 10. The molecule has 1 aliphatic rings. The average Bonchev–Trinajstić information content (AvgIpc) is 2.83. The number of ether oxygens (including phenoxy) is 1. The summed E-state index contributed by atoms with van der Waals surface area (Å²) in [5.74, 6) is -0.631. The van der Waals surface area contributed by atoms with Gasteiger partial charge >= 0.3 is 0 Å². The van der Waals surface area contributed by atoms with Crippen LogP contribution in [0.15, 0.2) is 53.4 Å². The average molecular weight is 528 g/mol. The first-order chi connectivity index (χ1) is 16.5. The van der Waals surface area contributed by atoms with Gasteiger partial charge in [0.15, 0.2) is 0 Å². The Morgan fingerprint density at radius 2 is 1.63 bits per heavy atom. The van der Waals surface area contributed by atoms with Crippen molar-refractivity contribution in [2.75, 3.05) is 36.8 Å². The normalized spacial score (nSPS) is 15.9. The van der Waals surface area contributed by atoms with Gasteiger partial charge in [0.05, 0.1) is 23.4 Å². The van der Waals surface area contributed by atoms with E-state index in [4.69, 9.17) is 4.74 Å². The van der Waals surface area contributed by atoms with Crippen molar-refractivity contribution in [1.82, 2.24) is 9.62 Å². The zero-order valence-corrected chi connectivity index (χ0v) is 21.3. The van der Waals surface area contributed by atoms with Crippen molar-refractivity contribution in [3.05, 3.63) is 54.3 Å². The van der Waals surface area contributed by atoms with E-state index in [1.165, 1.54) is 35.5 Å². The second kappa shape index (κ2) is 11.4. The van der Waals surface area contributed by atoms with Gasteiger partial charge in [-0.05, 0) is 68.3 Å². The largest absolute Gasteiger partial charge is 0.492 e. The van der Waals surface area contributed by atoms with Crippen molar-refractivity contribution >= 4 is 31.6 Å². The Bertz CT molecular complexity index is 1210. The number of nitrogens with one attached hydrogen (secondary N) is 1. The molecule has 1 atom stereocenters. The molecule has 1 aliphatic heterocycles. The molecule has 192 valence electrons. The Labute approximate surface area is 206 Å². The number of anilines is 1. The molecule has 2 aromatic carbocycles. The fraction of sp³-hybridized carbons (Fsp3) is 0.435. The first kappa shape index (κ1) is 26.9. The van der Waals surface area contributed by atoms with E-state index in [9.17, 15) is 26.0 Å². The molecule has 1 N–H and O–H groups in total. The minimum Gasteiger partial charge on any atom is -0.492 e. The smallest absolute Gasteiger partial charge is 0.243 e. The van der Waals surface area contributed by atoms with E-state index in [0.717, 1.165) is 42.0 Å². The molecule has 35 heavy (non-hydrogen) atoms. The van der Waals surface area contributed by atoms with Gasteiger partial charge in [0, 0.05) is 13.1 Å². The summed E-state index contributed by atoms with van der Waals surface area (Å²) >= 11 is 0. The molecule has 0 radical (unpaired) electrons. The summed E-state index contributed by atoms with van der Waals surface area (Å²) in [5.41, 5.74) is 0.174. The van der Waals surface area contributed by atoms with Crippen LogP contribution in [0.4, 0.5) is 10.1 Å². The summed E-state index contributed by atoms with van der Waals surface area (Å²) in [4.78, 5) is 12.8. The molecule has 3 rings (SSSR count). The van der Waals surface area contributed by atoms with Crippen LogP contribution >= 0.6 is 0 Å². The predicted octanol–water partition coefficient (Wildman–Crippen LogP) is 2.35. The van der Waals surface area contributed by atoms with Crippen molar-refractivity contribution in [2.24, 2.45) is 0 Å². The molecule has 0 unspecified atom stereocenters. The van der Waals surface area contributed by atoms with Gasteiger partial charge in [-0.2, -0.15) is 4.31 Å². The molecule has 1 amide bonds. The highest BCUT2D eigenvalue weighted by molar-refractivity contribution is 7.92. The molecule has 0 bridgehead atoms. The molecule has 1 saturated heterocycles. The van der Waals surface area contributed by atoms with E-state index >= 15 is 0 Å². The Kier molecular flexibility index (Phi) is 8.73. The standard InChI is InChI=1S/C23H30FN3O6S2/c1-18(27(34(2,29)30)20-8-6-19(24)7-9-20)23(28)25-14-17-33-21-10-12-22(13-11-21)35(31,32)26-15-4-3-5-16-26/h6-13,18H,3-5,14-17H2,1-2H3,(H,25,28)/t18-/m0/s1. The van der Waals surface area contributed by atoms with Crippen LogP contribution in [0.5, 0.6) is 5.75 Å². The summed E-state index contributed by atoms with van der Waals surface area (Å²) in [6.07, 6.45) is 3.72.